The number of anilines is 1. The van der Waals surface area contributed by atoms with Crippen molar-refractivity contribution in [2.75, 3.05) is 5.32 Å². The molecule has 0 radical (unpaired) electrons. The molecule has 6 heteroatoms. The Balaban J connectivity index is 0.000000224. The minimum Gasteiger partial charge on any atom is -0.306 e. The molecule has 2 heterocycles. The Morgan fingerprint density at radius 3 is 2.37 bits per heavy atom. The Kier molecular flexibility index (Phi) is 4.72. The predicted molar refractivity (Wildman–Crippen MR) is 72.8 cm³/mol. The molecule has 1 aliphatic rings. The van der Waals surface area contributed by atoms with E-state index in [4.69, 9.17) is 0 Å². The molecule has 0 unspecified atom stereocenters. The van der Waals surface area contributed by atoms with Crippen molar-refractivity contribution >= 4 is 11.7 Å². The van der Waals surface area contributed by atoms with E-state index >= 15 is 0 Å². The molecule has 0 aliphatic heterocycles. The van der Waals surface area contributed by atoms with Crippen molar-refractivity contribution in [1.82, 2.24) is 20.0 Å². The first-order valence-corrected chi connectivity index (χ1v) is 6.56. The standard InChI is InChI=1S/C8H9N5O.C5H10/c1-13-6(2-5-10-13)8(14)11-7-3-4-9-12-7;1-2-4-5-3-1/h2-5H,1H3,(H2,9,11,12,14);1-5H2. The number of nitrogens with zero attached hydrogens (tertiary/aromatic N) is 3. The second-order valence-electron chi connectivity index (χ2n) is 4.53. The SMILES string of the molecule is C1CCCC1.Cn1nccc1C(=O)Nc1ccn[nH]1. The topological polar surface area (TPSA) is 75.6 Å². The van der Waals surface area contributed by atoms with E-state index in [0.717, 1.165) is 0 Å². The number of aryl methyl sites for hydroxylation is 1. The Labute approximate surface area is 112 Å². The van der Waals surface area contributed by atoms with Crippen LogP contribution in [0.5, 0.6) is 0 Å². The van der Waals surface area contributed by atoms with Gasteiger partial charge in [-0.15, -0.1) is 0 Å². The lowest BCUT2D eigenvalue weighted by molar-refractivity contribution is 0.101. The Bertz CT molecular complexity index is 491. The lowest BCUT2D eigenvalue weighted by Gasteiger charge is -2.01. The van der Waals surface area contributed by atoms with Crippen LogP contribution in [-0.2, 0) is 7.05 Å². The monoisotopic (exact) mass is 261 g/mol. The van der Waals surface area contributed by atoms with Crippen LogP contribution in [0.15, 0.2) is 24.5 Å². The van der Waals surface area contributed by atoms with Gasteiger partial charge in [-0.3, -0.25) is 14.6 Å². The smallest absolute Gasteiger partial charge is 0.275 e. The number of nitrogens with one attached hydrogen (secondary N) is 2. The number of amides is 1. The number of aromatic nitrogens is 4. The van der Waals surface area contributed by atoms with Gasteiger partial charge in [-0.1, -0.05) is 32.1 Å². The molecule has 6 nitrogen and oxygen atoms in total. The summed E-state index contributed by atoms with van der Waals surface area (Å²) in [5.41, 5.74) is 0.500. The quantitative estimate of drug-likeness (QED) is 0.871. The Morgan fingerprint density at radius 1 is 1.21 bits per heavy atom. The number of rotatable bonds is 2. The number of H-pyrrole nitrogens is 1. The van der Waals surface area contributed by atoms with Crippen molar-refractivity contribution in [3.63, 3.8) is 0 Å². The van der Waals surface area contributed by atoms with Gasteiger partial charge in [0.25, 0.3) is 5.91 Å². The average Bonchev–Trinajstić information content (AvgIpc) is 3.13. The first kappa shape index (κ1) is 13.3. The zero-order chi connectivity index (χ0) is 13.5. The summed E-state index contributed by atoms with van der Waals surface area (Å²) in [6, 6.07) is 3.32. The van der Waals surface area contributed by atoms with Gasteiger partial charge < -0.3 is 5.32 Å². The molecule has 1 saturated carbocycles. The fourth-order valence-corrected chi connectivity index (χ4v) is 1.99. The second kappa shape index (κ2) is 6.72. The third-order valence-corrected chi connectivity index (χ3v) is 3.05. The second-order valence-corrected chi connectivity index (χ2v) is 4.53. The van der Waals surface area contributed by atoms with E-state index in [9.17, 15) is 4.79 Å². The summed E-state index contributed by atoms with van der Waals surface area (Å²) in [6.45, 7) is 0. The Hall–Kier alpha value is -2.11. The highest BCUT2D eigenvalue weighted by Gasteiger charge is 2.09. The van der Waals surface area contributed by atoms with Crippen molar-refractivity contribution in [1.29, 1.82) is 0 Å². The van der Waals surface area contributed by atoms with Crippen LogP contribution in [0.2, 0.25) is 0 Å². The first-order chi connectivity index (χ1) is 9.27. The molecule has 0 spiro atoms. The van der Waals surface area contributed by atoms with Crippen LogP contribution in [0.4, 0.5) is 5.82 Å². The summed E-state index contributed by atoms with van der Waals surface area (Å²) in [6.07, 6.45) is 10.6. The molecular weight excluding hydrogens is 242 g/mol. The maximum atomic E-state index is 11.6. The van der Waals surface area contributed by atoms with Crippen LogP contribution in [0.25, 0.3) is 0 Å². The van der Waals surface area contributed by atoms with Crippen LogP contribution in [0, 0.1) is 0 Å². The third kappa shape index (κ3) is 3.94. The van der Waals surface area contributed by atoms with E-state index in [2.05, 4.69) is 20.6 Å². The summed E-state index contributed by atoms with van der Waals surface area (Å²) < 4.78 is 1.51. The normalized spacial score (nSPS) is 13.7. The van der Waals surface area contributed by atoms with Crippen molar-refractivity contribution in [2.24, 2.45) is 7.05 Å². The van der Waals surface area contributed by atoms with Crippen molar-refractivity contribution < 1.29 is 4.79 Å². The fourth-order valence-electron chi connectivity index (χ4n) is 1.99. The minimum atomic E-state index is -0.214. The average molecular weight is 261 g/mol. The van der Waals surface area contributed by atoms with Crippen LogP contribution in [0.1, 0.15) is 42.6 Å². The van der Waals surface area contributed by atoms with Gasteiger partial charge in [0.15, 0.2) is 0 Å². The zero-order valence-corrected chi connectivity index (χ0v) is 11.1. The van der Waals surface area contributed by atoms with E-state index in [1.807, 2.05) is 0 Å². The Morgan fingerprint density at radius 2 is 1.89 bits per heavy atom. The van der Waals surface area contributed by atoms with Crippen LogP contribution in [-0.4, -0.2) is 25.9 Å². The first-order valence-electron chi connectivity index (χ1n) is 6.56. The summed E-state index contributed by atoms with van der Waals surface area (Å²) in [4.78, 5) is 11.6. The van der Waals surface area contributed by atoms with E-state index in [-0.39, 0.29) is 5.91 Å². The molecule has 0 bridgehead atoms. The van der Waals surface area contributed by atoms with Crippen LogP contribution < -0.4 is 5.32 Å². The molecule has 3 rings (SSSR count). The third-order valence-electron chi connectivity index (χ3n) is 3.05. The molecule has 2 aromatic rings. The van der Waals surface area contributed by atoms with Crippen LogP contribution >= 0.6 is 0 Å². The van der Waals surface area contributed by atoms with Gasteiger partial charge in [0, 0.05) is 19.3 Å². The maximum Gasteiger partial charge on any atom is 0.275 e. The lowest BCUT2D eigenvalue weighted by Crippen LogP contribution is -2.16. The van der Waals surface area contributed by atoms with Gasteiger partial charge in [-0.05, 0) is 6.07 Å². The number of carbonyl (C=O) groups is 1. The molecular formula is C13H19N5O. The summed E-state index contributed by atoms with van der Waals surface area (Å²) in [5, 5.41) is 12.9. The predicted octanol–water partition coefficient (Wildman–Crippen LogP) is 2.35. The van der Waals surface area contributed by atoms with E-state index in [0.29, 0.717) is 11.5 Å². The van der Waals surface area contributed by atoms with E-state index in [1.165, 1.54) is 36.8 Å². The highest BCUT2D eigenvalue weighted by molar-refractivity contribution is 6.02. The summed E-state index contributed by atoms with van der Waals surface area (Å²) in [5.74, 6) is 0.352. The number of hydrogen-bond acceptors (Lipinski definition) is 3. The highest BCUT2D eigenvalue weighted by Crippen LogP contribution is 2.15. The van der Waals surface area contributed by atoms with Gasteiger partial charge in [0.2, 0.25) is 0 Å². The molecule has 19 heavy (non-hydrogen) atoms. The molecule has 0 atom stereocenters. The van der Waals surface area contributed by atoms with E-state index in [1.54, 1.807) is 31.6 Å². The minimum absolute atomic E-state index is 0.214. The molecule has 1 fully saturated rings. The fraction of sp³-hybridized carbons (Fsp3) is 0.462. The van der Waals surface area contributed by atoms with Crippen LogP contribution in [0.3, 0.4) is 0 Å². The highest BCUT2D eigenvalue weighted by atomic mass is 16.2. The summed E-state index contributed by atoms with van der Waals surface area (Å²) in [7, 11) is 1.71. The molecule has 102 valence electrons. The van der Waals surface area contributed by atoms with Crippen molar-refractivity contribution in [3.05, 3.63) is 30.2 Å². The summed E-state index contributed by atoms with van der Waals surface area (Å²) >= 11 is 0. The van der Waals surface area contributed by atoms with Gasteiger partial charge in [-0.25, -0.2) is 0 Å². The van der Waals surface area contributed by atoms with Gasteiger partial charge in [0.05, 0.1) is 6.20 Å². The molecule has 1 amide bonds. The molecule has 0 saturated heterocycles. The molecule has 2 N–H and O–H groups in total. The van der Waals surface area contributed by atoms with Gasteiger partial charge in [-0.2, -0.15) is 10.2 Å². The maximum absolute atomic E-state index is 11.6. The molecule has 2 aromatic heterocycles. The van der Waals surface area contributed by atoms with Gasteiger partial charge >= 0.3 is 0 Å². The van der Waals surface area contributed by atoms with Gasteiger partial charge in [0.1, 0.15) is 11.5 Å². The van der Waals surface area contributed by atoms with E-state index < -0.39 is 0 Å². The molecule has 1 aliphatic carbocycles. The number of carbonyl (C=O) groups excluding carboxylic acids is 1. The van der Waals surface area contributed by atoms with Crippen molar-refractivity contribution in [2.45, 2.75) is 32.1 Å². The number of aromatic amines is 1. The zero-order valence-electron chi connectivity index (χ0n) is 11.1. The van der Waals surface area contributed by atoms with Crippen molar-refractivity contribution in [3.8, 4) is 0 Å². The lowest BCUT2D eigenvalue weighted by atomic mass is 10.4. The number of hydrogen-bond donors (Lipinski definition) is 2. The molecule has 0 aromatic carbocycles. The largest absolute Gasteiger partial charge is 0.306 e.